The van der Waals surface area contributed by atoms with Crippen LogP contribution in [0.15, 0.2) is 36.5 Å². The molecule has 0 aliphatic carbocycles. The van der Waals surface area contributed by atoms with Gasteiger partial charge < -0.3 is 25.2 Å². The number of nitrogens with two attached hydrogens (primary N) is 1. The molecule has 2 aromatic rings. The van der Waals surface area contributed by atoms with Crippen LogP contribution in [0.3, 0.4) is 0 Å². The minimum Gasteiger partial charge on any atom is -0.484 e. The summed E-state index contributed by atoms with van der Waals surface area (Å²) in [5, 5.41) is 9.09. The lowest BCUT2D eigenvalue weighted by Crippen LogP contribution is -2.32. The highest BCUT2D eigenvalue weighted by atomic mass is 19.4. The van der Waals surface area contributed by atoms with Gasteiger partial charge in [0.2, 0.25) is 5.91 Å². The number of hydrogen-bond acceptors (Lipinski definition) is 6. The van der Waals surface area contributed by atoms with E-state index in [4.69, 9.17) is 15.6 Å². The van der Waals surface area contributed by atoms with Crippen LogP contribution < -0.4 is 15.2 Å². The van der Waals surface area contributed by atoms with Gasteiger partial charge in [0.1, 0.15) is 11.9 Å². The topological polar surface area (TPSA) is 115 Å². The van der Waals surface area contributed by atoms with Crippen molar-refractivity contribution in [2.45, 2.75) is 25.8 Å². The lowest BCUT2D eigenvalue weighted by Gasteiger charge is -2.19. The van der Waals surface area contributed by atoms with E-state index >= 15 is 0 Å². The fourth-order valence-electron chi connectivity index (χ4n) is 3.22. The van der Waals surface area contributed by atoms with Crippen molar-refractivity contribution >= 4 is 17.7 Å². The first kappa shape index (κ1) is 22.2. The van der Waals surface area contributed by atoms with Gasteiger partial charge in [0.25, 0.3) is 0 Å². The molecule has 8 nitrogen and oxygen atoms in total. The number of alkyl halides is 3. The first-order chi connectivity index (χ1) is 14.5. The summed E-state index contributed by atoms with van der Waals surface area (Å²) in [7, 11) is 0. The number of halogens is 3. The summed E-state index contributed by atoms with van der Waals surface area (Å²) < 4.78 is 46.4. The maximum atomic E-state index is 12.6. The van der Waals surface area contributed by atoms with E-state index in [9.17, 15) is 22.8 Å². The van der Waals surface area contributed by atoms with E-state index < -0.39 is 18.4 Å². The number of ether oxygens (including phenoxy) is 2. The molecule has 1 amide bonds. The van der Waals surface area contributed by atoms with Crippen molar-refractivity contribution < 1.29 is 37.3 Å². The van der Waals surface area contributed by atoms with Crippen LogP contribution >= 0.6 is 0 Å². The Morgan fingerprint density at radius 3 is 2.55 bits per heavy atom. The number of nitrogen functional groups attached to an aromatic ring is 1. The van der Waals surface area contributed by atoms with Gasteiger partial charge in [-0.25, -0.2) is 9.78 Å². The van der Waals surface area contributed by atoms with Crippen molar-refractivity contribution in [3.05, 3.63) is 47.7 Å². The van der Waals surface area contributed by atoms with Gasteiger partial charge in [-0.3, -0.25) is 4.79 Å². The van der Waals surface area contributed by atoms with E-state index in [2.05, 4.69) is 9.72 Å². The normalized spacial score (nSPS) is 18.6. The second kappa shape index (κ2) is 8.70. The van der Waals surface area contributed by atoms with Crippen LogP contribution in [-0.2, 0) is 11.2 Å². The molecule has 2 heterocycles. The first-order valence-electron chi connectivity index (χ1n) is 9.30. The third-order valence-corrected chi connectivity index (χ3v) is 4.82. The molecule has 166 valence electrons. The molecular weight excluding hydrogens is 419 g/mol. The van der Waals surface area contributed by atoms with Crippen LogP contribution in [0, 0.1) is 5.92 Å². The highest BCUT2D eigenvalue weighted by molar-refractivity contribution is 5.88. The molecule has 1 aliphatic heterocycles. The van der Waals surface area contributed by atoms with Crippen molar-refractivity contribution in [2.75, 3.05) is 18.8 Å². The van der Waals surface area contributed by atoms with Gasteiger partial charge in [-0.05, 0) is 17.7 Å². The Kier molecular flexibility index (Phi) is 6.23. The van der Waals surface area contributed by atoms with E-state index in [1.807, 2.05) is 6.92 Å². The Bertz CT molecular complexity index is 966. The second-order valence-corrected chi connectivity index (χ2v) is 7.21. The predicted molar refractivity (Wildman–Crippen MR) is 103 cm³/mol. The van der Waals surface area contributed by atoms with Gasteiger partial charge in [-0.15, -0.1) is 13.2 Å². The monoisotopic (exact) mass is 439 g/mol. The molecule has 1 saturated heterocycles. The molecule has 1 aromatic carbocycles. The number of hydrogen-bond donors (Lipinski definition) is 2. The Labute approximate surface area is 175 Å². The van der Waals surface area contributed by atoms with Gasteiger partial charge in [0, 0.05) is 24.7 Å². The summed E-state index contributed by atoms with van der Waals surface area (Å²) in [5.41, 5.74) is 6.24. The van der Waals surface area contributed by atoms with Crippen LogP contribution in [0.5, 0.6) is 11.5 Å². The van der Waals surface area contributed by atoms with Crippen LogP contribution in [0.1, 0.15) is 22.8 Å². The summed E-state index contributed by atoms with van der Waals surface area (Å²) in [6, 6.07) is 6.39. The Balaban J connectivity index is 1.61. The molecule has 2 atom stereocenters. The van der Waals surface area contributed by atoms with E-state index in [0.29, 0.717) is 12.1 Å². The average Bonchev–Trinajstić information content (AvgIpc) is 3.04. The zero-order valence-corrected chi connectivity index (χ0v) is 16.4. The standard InChI is InChI=1S/C20H20F3N3O5/c1-11-9-26(10-16(11)30-15-7-13(19(28)29)8-25-18(15)24)17(27)6-12-2-4-14(5-3-12)31-20(21,22)23/h2-5,7-8,11,16H,6,9-10H2,1H3,(H2,24,25)(H,28,29)/t11-,16-/m0/s1. The number of aromatic carboxylic acids is 1. The van der Waals surface area contributed by atoms with Crippen molar-refractivity contribution in [2.24, 2.45) is 5.92 Å². The van der Waals surface area contributed by atoms with E-state index in [0.717, 1.165) is 18.3 Å². The minimum absolute atomic E-state index is 0.00390. The molecule has 0 unspecified atom stereocenters. The average molecular weight is 439 g/mol. The molecule has 3 N–H and O–H groups in total. The quantitative estimate of drug-likeness (QED) is 0.711. The Hall–Kier alpha value is -3.50. The van der Waals surface area contributed by atoms with Crippen molar-refractivity contribution in [3.8, 4) is 11.5 Å². The third kappa shape index (κ3) is 5.77. The Morgan fingerprint density at radius 1 is 1.26 bits per heavy atom. The molecule has 11 heteroatoms. The fraction of sp³-hybridized carbons (Fsp3) is 0.350. The number of pyridine rings is 1. The molecule has 3 rings (SSSR count). The lowest BCUT2D eigenvalue weighted by molar-refractivity contribution is -0.274. The number of aromatic nitrogens is 1. The van der Waals surface area contributed by atoms with Gasteiger partial charge in [0.15, 0.2) is 11.6 Å². The molecule has 0 radical (unpaired) electrons. The summed E-state index contributed by atoms with van der Waals surface area (Å²) in [5.74, 6) is -1.62. The number of rotatable bonds is 6. The number of carboxylic acid groups (broad SMARTS) is 1. The van der Waals surface area contributed by atoms with Crippen LogP contribution in [0.4, 0.5) is 19.0 Å². The number of amides is 1. The molecule has 1 aromatic heterocycles. The molecule has 0 spiro atoms. The molecular formula is C20H20F3N3O5. The summed E-state index contributed by atoms with van der Waals surface area (Å²) >= 11 is 0. The first-order valence-corrected chi connectivity index (χ1v) is 9.30. The number of benzene rings is 1. The van der Waals surface area contributed by atoms with Gasteiger partial charge in [-0.1, -0.05) is 19.1 Å². The summed E-state index contributed by atoms with van der Waals surface area (Å²) in [6.45, 7) is 2.54. The zero-order chi connectivity index (χ0) is 22.8. The van der Waals surface area contributed by atoms with Gasteiger partial charge in [0.05, 0.1) is 18.5 Å². The van der Waals surface area contributed by atoms with Crippen LogP contribution in [-0.4, -0.2) is 52.4 Å². The molecule has 1 aliphatic rings. The van der Waals surface area contributed by atoms with Crippen LogP contribution in [0.25, 0.3) is 0 Å². The van der Waals surface area contributed by atoms with Crippen LogP contribution in [0.2, 0.25) is 0 Å². The highest BCUT2D eigenvalue weighted by Crippen LogP contribution is 2.28. The molecule has 0 bridgehead atoms. The van der Waals surface area contributed by atoms with Crippen molar-refractivity contribution in [1.29, 1.82) is 0 Å². The smallest absolute Gasteiger partial charge is 0.484 e. The lowest BCUT2D eigenvalue weighted by atomic mass is 10.1. The maximum Gasteiger partial charge on any atom is 0.573 e. The van der Waals surface area contributed by atoms with Gasteiger partial charge in [-0.2, -0.15) is 0 Å². The largest absolute Gasteiger partial charge is 0.573 e. The molecule has 31 heavy (non-hydrogen) atoms. The SMILES string of the molecule is C[C@H]1CN(C(=O)Cc2ccc(OC(F)(F)F)cc2)C[C@@H]1Oc1cc(C(=O)O)cnc1N. The fourth-order valence-corrected chi connectivity index (χ4v) is 3.22. The van der Waals surface area contributed by atoms with Crippen molar-refractivity contribution in [1.82, 2.24) is 9.88 Å². The highest BCUT2D eigenvalue weighted by Gasteiger charge is 2.34. The van der Waals surface area contributed by atoms with Gasteiger partial charge >= 0.3 is 12.3 Å². The molecule has 0 saturated carbocycles. The number of carbonyl (C=O) groups is 2. The second-order valence-electron chi connectivity index (χ2n) is 7.21. The van der Waals surface area contributed by atoms with E-state index in [1.54, 1.807) is 4.90 Å². The number of carboxylic acids is 1. The Morgan fingerprint density at radius 2 is 1.94 bits per heavy atom. The third-order valence-electron chi connectivity index (χ3n) is 4.82. The van der Waals surface area contributed by atoms with E-state index in [-0.39, 0.29) is 47.7 Å². The van der Waals surface area contributed by atoms with E-state index in [1.165, 1.54) is 18.2 Å². The summed E-state index contributed by atoms with van der Waals surface area (Å²) in [6.07, 6.45) is -4.06. The number of anilines is 1. The molecule has 1 fully saturated rings. The number of carbonyl (C=O) groups excluding carboxylic acids is 1. The zero-order valence-electron chi connectivity index (χ0n) is 16.4. The number of likely N-dealkylation sites (tertiary alicyclic amines) is 1. The predicted octanol–water partition coefficient (Wildman–Crippen LogP) is 2.73. The summed E-state index contributed by atoms with van der Waals surface area (Å²) in [4.78, 5) is 29.1. The number of nitrogens with zero attached hydrogens (tertiary/aromatic N) is 2. The minimum atomic E-state index is -4.78. The maximum absolute atomic E-state index is 12.6. The van der Waals surface area contributed by atoms with Crippen molar-refractivity contribution in [3.63, 3.8) is 0 Å².